The topological polar surface area (TPSA) is 76.3 Å². The quantitative estimate of drug-likeness (QED) is 0.438. The SMILES string of the molecule is CN1CC(COc2ccc(C34CC(C(F)(F)[C@](O)(Cn5cnnn5)c5ccc(F)cc5F)(C3)C4)cc2)C1. The Balaban J connectivity index is 1.21. The number of tetrazole rings is 1. The Morgan fingerprint density at radius 3 is 2.38 bits per heavy atom. The Kier molecular flexibility index (Phi) is 5.40. The number of benzene rings is 2. The number of aromatic nitrogens is 4. The molecule has 1 saturated heterocycles. The number of alkyl halides is 2. The summed E-state index contributed by atoms with van der Waals surface area (Å²) in [6, 6.07) is 9.77. The van der Waals surface area contributed by atoms with E-state index in [-0.39, 0.29) is 19.3 Å². The van der Waals surface area contributed by atoms with Gasteiger partial charge in [-0.15, -0.1) is 5.10 Å². The molecule has 2 bridgehead atoms. The molecule has 7 nitrogen and oxygen atoms in total. The summed E-state index contributed by atoms with van der Waals surface area (Å²) in [6.07, 6.45) is 1.49. The third kappa shape index (κ3) is 3.65. The van der Waals surface area contributed by atoms with Crippen molar-refractivity contribution in [3.8, 4) is 5.75 Å². The van der Waals surface area contributed by atoms with Crippen molar-refractivity contribution in [3.63, 3.8) is 0 Å². The van der Waals surface area contributed by atoms with Gasteiger partial charge in [-0.2, -0.15) is 0 Å². The number of likely N-dealkylation sites (tertiary alicyclic amines) is 1. The summed E-state index contributed by atoms with van der Waals surface area (Å²) in [7, 11) is 2.06. The van der Waals surface area contributed by atoms with Crippen LogP contribution in [0.1, 0.15) is 30.4 Å². The molecule has 11 heteroatoms. The highest BCUT2D eigenvalue weighted by Gasteiger charge is 2.82. The van der Waals surface area contributed by atoms with Crippen molar-refractivity contribution in [2.75, 3.05) is 26.7 Å². The summed E-state index contributed by atoms with van der Waals surface area (Å²) in [5.74, 6) is -4.66. The molecule has 4 aliphatic rings. The Labute approximate surface area is 211 Å². The van der Waals surface area contributed by atoms with Gasteiger partial charge in [-0.1, -0.05) is 12.1 Å². The van der Waals surface area contributed by atoms with Crippen LogP contribution in [-0.4, -0.2) is 62.9 Å². The molecule has 37 heavy (non-hydrogen) atoms. The van der Waals surface area contributed by atoms with Gasteiger partial charge in [0.15, 0.2) is 5.60 Å². The number of hydrogen-bond donors (Lipinski definition) is 1. The molecule has 3 aromatic rings. The normalized spacial score (nSPS) is 27.1. The highest BCUT2D eigenvalue weighted by molar-refractivity contribution is 5.44. The largest absolute Gasteiger partial charge is 0.493 e. The van der Waals surface area contributed by atoms with Crippen molar-refractivity contribution in [1.29, 1.82) is 0 Å². The molecule has 0 radical (unpaired) electrons. The van der Waals surface area contributed by atoms with Crippen LogP contribution in [0, 0.1) is 23.0 Å². The molecule has 1 atom stereocenters. The minimum Gasteiger partial charge on any atom is -0.493 e. The average molecular weight is 518 g/mol. The van der Waals surface area contributed by atoms with Crippen molar-refractivity contribution < 1.29 is 27.4 Å². The number of aliphatic hydroxyl groups is 1. The Hall–Kier alpha value is -3.05. The maximum atomic E-state index is 16.3. The average Bonchev–Trinajstić information content (AvgIpc) is 3.27. The molecule has 2 heterocycles. The summed E-state index contributed by atoms with van der Waals surface area (Å²) in [4.78, 5) is 2.22. The third-order valence-electron chi connectivity index (χ3n) is 8.47. The van der Waals surface area contributed by atoms with Gasteiger partial charge in [0.05, 0.1) is 13.2 Å². The van der Waals surface area contributed by atoms with Crippen LogP contribution in [0.25, 0.3) is 0 Å². The van der Waals surface area contributed by atoms with Crippen LogP contribution in [0.5, 0.6) is 5.75 Å². The fourth-order valence-electron chi connectivity index (χ4n) is 6.58. The summed E-state index contributed by atoms with van der Waals surface area (Å²) >= 11 is 0. The van der Waals surface area contributed by atoms with E-state index < -0.39 is 46.1 Å². The first-order chi connectivity index (χ1) is 17.6. The molecule has 1 N–H and O–H groups in total. The predicted molar refractivity (Wildman–Crippen MR) is 124 cm³/mol. The second-order valence-corrected chi connectivity index (χ2v) is 11.1. The molecule has 0 spiro atoms. The predicted octanol–water partition coefficient (Wildman–Crippen LogP) is 3.54. The maximum absolute atomic E-state index is 16.3. The number of halogens is 4. The van der Waals surface area contributed by atoms with Gasteiger partial charge in [0, 0.05) is 36.1 Å². The number of rotatable bonds is 9. The van der Waals surface area contributed by atoms with Crippen molar-refractivity contribution in [1.82, 2.24) is 25.1 Å². The minimum absolute atomic E-state index is 0.141. The molecule has 2 aromatic carbocycles. The van der Waals surface area contributed by atoms with Gasteiger partial charge in [0.1, 0.15) is 23.7 Å². The molecule has 1 aromatic heterocycles. The number of hydrogen-bond acceptors (Lipinski definition) is 6. The van der Waals surface area contributed by atoms with Crippen LogP contribution in [0.4, 0.5) is 17.6 Å². The van der Waals surface area contributed by atoms with Crippen LogP contribution in [0.15, 0.2) is 48.8 Å². The second kappa shape index (κ2) is 8.22. The van der Waals surface area contributed by atoms with Gasteiger partial charge in [-0.3, -0.25) is 0 Å². The van der Waals surface area contributed by atoms with Gasteiger partial charge >= 0.3 is 0 Å². The smallest absolute Gasteiger partial charge is 0.287 e. The molecule has 4 fully saturated rings. The van der Waals surface area contributed by atoms with Gasteiger partial charge < -0.3 is 14.7 Å². The number of nitrogens with zero attached hydrogens (tertiary/aromatic N) is 5. The molecule has 7 rings (SSSR count). The van der Waals surface area contributed by atoms with Crippen molar-refractivity contribution in [2.24, 2.45) is 11.3 Å². The van der Waals surface area contributed by atoms with Gasteiger partial charge in [-0.05, 0) is 72.0 Å². The van der Waals surface area contributed by atoms with Crippen molar-refractivity contribution in [3.05, 3.63) is 71.6 Å². The van der Waals surface area contributed by atoms with E-state index in [1.807, 2.05) is 24.3 Å². The van der Waals surface area contributed by atoms with E-state index in [1.165, 1.54) is 0 Å². The lowest BCUT2D eigenvalue weighted by molar-refractivity contribution is -0.347. The standard InChI is InChI=1S/C26H27F4N5O2/c1-34-9-17(10-34)11-37-20-5-2-18(3-6-20)23-12-24(13-23,14-23)26(29,30)25(36,15-35-16-31-32-33-35)21-7-4-19(27)8-22(21)28/h2-8,16-17,36H,9-15H2,1H3/t23?,24?,25-/m0/s1. The molecule has 0 unspecified atom stereocenters. The molecule has 3 saturated carbocycles. The van der Waals surface area contributed by atoms with Crippen molar-refractivity contribution >= 4 is 0 Å². The van der Waals surface area contributed by atoms with E-state index in [0.29, 0.717) is 18.6 Å². The second-order valence-electron chi connectivity index (χ2n) is 11.1. The van der Waals surface area contributed by atoms with Crippen molar-refractivity contribution in [2.45, 2.75) is 42.7 Å². The molecular formula is C26H27F4N5O2. The van der Waals surface area contributed by atoms with E-state index in [4.69, 9.17) is 4.74 Å². The van der Waals surface area contributed by atoms with Gasteiger partial charge in [0.25, 0.3) is 5.92 Å². The summed E-state index contributed by atoms with van der Waals surface area (Å²) in [5, 5.41) is 21.9. The fourth-order valence-corrected chi connectivity index (χ4v) is 6.58. The Bertz CT molecular complexity index is 1280. The molecule has 0 amide bonds. The molecule has 196 valence electrons. The lowest BCUT2D eigenvalue weighted by atomic mass is 9.30. The van der Waals surface area contributed by atoms with Crippen LogP contribution < -0.4 is 4.74 Å². The first kappa shape index (κ1) is 24.3. The zero-order valence-corrected chi connectivity index (χ0v) is 20.2. The summed E-state index contributed by atoms with van der Waals surface area (Å²) in [6.45, 7) is 1.88. The first-order valence-electron chi connectivity index (χ1n) is 12.2. The summed E-state index contributed by atoms with van der Waals surface area (Å²) < 4.78 is 67.7. The zero-order chi connectivity index (χ0) is 26.1. The lowest BCUT2D eigenvalue weighted by Gasteiger charge is -2.74. The van der Waals surface area contributed by atoms with E-state index in [2.05, 4.69) is 27.5 Å². The van der Waals surface area contributed by atoms with Gasteiger partial charge in [0.2, 0.25) is 0 Å². The van der Waals surface area contributed by atoms with Crippen LogP contribution in [0.2, 0.25) is 0 Å². The minimum atomic E-state index is -3.74. The maximum Gasteiger partial charge on any atom is 0.287 e. The monoisotopic (exact) mass is 517 g/mol. The van der Waals surface area contributed by atoms with E-state index in [1.54, 1.807) is 0 Å². The Morgan fingerprint density at radius 1 is 1.08 bits per heavy atom. The van der Waals surface area contributed by atoms with E-state index >= 15 is 8.78 Å². The number of ether oxygens (including phenoxy) is 1. The van der Waals surface area contributed by atoms with E-state index in [9.17, 15) is 13.9 Å². The van der Waals surface area contributed by atoms with Crippen LogP contribution >= 0.6 is 0 Å². The van der Waals surface area contributed by atoms with Crippen LogP contribution in [0.3, 0.4) is 0 Å². The van der Waals surface area contributed by atoms with Crippen LogP contribution in [-0.2, 0) is 17.6 Å². The van der Waals surface area contributed by atoms with Gasteiger partial charge in [-0.25, -0.2) is 22.2 Å². The zero-order valence-electron chi connectivity index (χ0n) is 20.2. The fraction of sp³-hybridized carbons (Fsp3) is 0.500. The summed E-state index contributed by atoms with van der Waals surface area (Å²) in [5.41, 5.74) is -4.68. The molecule has 3 aliphatic carbocycles. The lowest BCUT2D eigenvalue weighted by Crippen LogP contribution is -2.76. The van der Waals surface area contributed by atoms with E-state index in [0.717, 1.165) is 47.5 Å². The highest BCUT2D eigenvalue weighted by Crippen LogP contribution is 2.80. The Morgan fingerprint density at radius 2 is 1.78 bits per heavy atom. The highest BCUT2D eigenvalue weighted by atomic mass is 19.3. The first-order valence-corrected chi connectivity index (χ1v) is 12.2. The third-order valence-corrected chi connectivity index (χ3v) is 8.47. The molecule has 1 aliphatic heterocycles. The molecular weight excluding hydrogens is 490 g/mol.